The zero-order valence-corrected chi connectivity index (χ0v) is 11.6. The molecule has 1 atom stereocenters. The van der Waals surface area contributed by atoms with E-state index in [0.29, 0.717) is 18.4 Å². The average molecular weight is 248 g/mol. The lowest BCUT2D eigenvalue weighted by Crippen LogP contribution is -2.30. The molecule has 18 heavy (non-hydrogen) atoms. The molecule has 1 unspecified atom stereocenters. The highest BCUT2D eigenvalue weighted by Crippen LogP contribution is 2.13. The van der Waals surface area contributed by atoms with Gasteiger partial charge in [-0.2, -0.15) is 0 Å². The van der Waals surface area contributed by atoms with E-state index in [1.807, 2.05) is 18.2 Å². The summed E-state index contributed by atoms with van der Waals surface area (Å²) in [4.78, 5) is 0. The van der Waals surface area contributed by atoms with E-state index in [4.69, 9.17) is 10.1 Å². The number of hydrogen-bond donors (Lipinski definition) is 2. The largest absolute Gasteiger partial charge is 0.382 e. The normalized spacial score (nSPS) is 12.4. The lowest BCUT2D eigenvalue weighted by molar-refractivity contribution is 0.174. The van der Waals surface area contributed by atoms with Gasteiger partial charge in [0.15, 0.2) is 0 Å². The Morgan fingerprint density at radius 3 is 2.50 bits per heavy atom. The summed E-state index contributed by atoms with van der Waals surface area (Å²) in [5, 5.41) is 11.2. The van der Waals surface area contributed by atoms with Crippen molar-refractivity contribution in [3.05, 3.63) is 35.9 Å². The SMILES string of the molecule is COCC(NC(=N)CCC(C)C)c1ccccc1. The molecule has 2 N–H and O–H groups in total. The Labute approximate surface area is 110 Å². The molecule has 0 aliphatic rings. The van der Waals surface area contributed by atoms with E-state index in [1.165, 1.54) is 0 Å². The highest BCUT2D eigenvalue weighted by Gasteiger charge is 2.12. The summed E-state index contributed by atoms with van der Waals surface area (Å²) in [5.74, 6) is 1.22. The fourth-order valence-electron chi connectivity index (χ4n) is 1.79. The van der Waals surface area contributed by atoms with Gasteiger partial charge in [0.05, 0.1) is 18.5 Å². The molecule has 3 nitrogen and oxygen atoms in total. The standard InChI is InChI=1S/C15H24N2O/c1-12(2)9-10-15(16)17-14(11-18-3)13-7-5-4-6-8-13/h4-8,12,14H,9-11H2,1-3H3,(H2,16,17). The van der Waals surface area contributed by atoms with Crippen molar-refractivity contribution in [3.8, 4) is 0 Å². The van der Waals surface area contributed by atoms with Crippen LogP contribution in [0.25, 0.3) is 0 Å². The van der Waals surface area contributed by atoms with E-state index in [0.717, 1.165) is 18.4 Å². The van der Waals surface area contributed by atoms with Crippen LogP contribution >= 0.6 is 0 Å². The number of hydrogen-bond acceptors (Lipinski definition) is 2. The molecule has 100 valence electrons. The van der Waals surface area contributed by atoms with E-state index >= 15 is 0 Å². The van der Waals surface area contributed by atoms with Crippen LogP contribution in [-0.4, -0.2) is 19.6 Å². The Balaban J connectivity index is 2.55. The van der Waals surface area contributed by atoms with Crippen LogP contribution in [0.5, 0.6) is 0 Å². The molecule has 1 aromatic carbocycles. The van der Waals surface area contributed by atoms with Gasteiger partial charge in [0.2, 0.25) is 0 Å². The first-order valence-electron chi connectivity index (χ1n) is 6.51. The van der Waals surface area contributed by atoms with Crippen molar-refractivity contribution in [1.82, 2.24) is 5.32 Å². The van der Waals surface area contributed by atoms with Gasteiger partial charge in [-0.1, -0.05) is 44.2 Å². The molecule has 0 saturated carbocycles. The molecule has 0 saturated heterocycles. The molecule has 0 spiro atoms. The Bertz CT molecular complexity index is 349. The number of amidine groups is 1. The minimum absolute atomic E-state index is 0.0656. The highest BCUT2D eigenvalue weighted by molar-refractivity contribution is 5.79. The third-order valence-electron chi connectivity index (χ3n) is 2.86. The lowest BCUT2D eigenvalue weighted by atomic mass is 10.1. The molecule has 0 aliphatic carbocycles. The van der Waals surface area contributed by atoms with Crippen LogP contribution < -0.4 is 5.32 Å². The van der Waals surface area contributed by atoms with Gasteiger partial charge >= 0.3 is 0 Å². The van der Waals surface area contributed by atoms with Crippen LogP contribution in [0.3, 0.4) is 0 Å². The summed E-state index contributed by atoms with van der Waals surface area (Å²) in [6, 6.07) is 10.2. The second-order valence-electron chi connectivity index (χ2n) is 4.97. The second kappa shape index (κ2) is 7.88. The molecule has 0 radical (unpaired) electrons. The third kappa shape index (κ3) is 5.32. The molecule has 0 aliphatic heterocycles. The van der Waals surface area contributed by atoms with Crippen LogP contribution in [0.2, 0.25) is 0 Å². The van der Waals surface area contributed by atoms with Crippen LogP contribution in [0.4, 0.5) is 0 Å². The molecule has 0 bridgehead atoms. The molecule has 0 aromatic heterocycles. The van der Waals surface area contributed by atoms with Gasteiger partial charge in [-0.05, 0) is 17.9 Å². The van der Waals surface area contributed by atoms with Gasteiger partial charge in [0.1, 0.15) is 0 Å². The Hall–Kier alpha value is -1.35. The Morgan fingerprint density at radius 1 is 1.28 bits per heavy atom. The van der Waals surface area contributed by atoms with Gasteiger partial charge < -0.3 is 10.1 Å². The van der Waals surface area contributed by atoms with Crippen molar-refractivity contribution in [2.24, 2.45) is 5.92 Å². The Kier molecular flexibility index (Phi) is 6.44. The van der Waals surface area contributed by atoms with Crippen molar-refractivity contribution >= 4 is 5.84 Å². The summed E-state index contributed by atoms with van der Waals surface area (Å²) < 4.78 is 5.23. The van der Waals surface area contributed by atoms with Crippen molar-refractivity contribution in [3.63, 3.8) is 0 Å². The van der Waals surface area contributed by atoms with Gasteiger partial charge in [-0.15, -0.1) is 0 Å². The van der Waals surface area contributed by atoms with Gasteiger partial charge in [0.25, 0.3) is 0 Å². The van der Waals surface area contributed by atoms with Gasteiger partial charge in [0, 0.05) is 13.5 Å². The van der Waals surface area contributed by atoms with Gasteiger partial charge in [-0.3, -0.25) is 5.41 Å². The molecule has 0 heterocycles. The summed E-state index contributed by atoms with van der Waals surface area (Å²) in [7, 11) is 1.69. The maximum absolute atomic E-state index is 7.97. The smallest absolute Gasteiger partial charge is 0.0937 e. The minimum atomic E-state index is 0.0656. The van der Waals surface area contributed by atoms with Crippen molar-refractivity contribution in [2.45, 2.75) is 32.7 Å². The van der Waals surface area contributed by atoms with Crippen molar-refractivity contribution in [2.75, 3.05) is 13.7 Å². The quantitative estimate of drug-likeness (QED) is 0.574. The van der Waals surface area contributed by atoms with E-state index in [1.54, 1.807) is 7.11 Å². The first kappa shape index (κ1) is 14.7. The molecule has 1 aromatic rings. The topological polar surface area (TPSA) is 45.1 Å². The zero-order chi connectivity index (χ0) is 13.4. The first-order chi connectivity index (χ1) is 8.63. The van der Waals surface area contributed by atoms with Crippen LogP contribution in [-0.2, 0) is 4.74 Å². The molecule has 1 rings (SSSR count). The van der Waals surface area contributed by atoms with Crippen LogP contribution in [0.15, 0.2) is 30.3 Å². The van der Waals surface area contributed by atoms with Crippen molar-refractivity contribution in [1.29, 1.82) is 5.41 Å². The molecular weight excluding hydrogens is 224 g/mol. The van der Waals surface area contributed by atoms with Gasteiger partial charge in [-0.25, -0.2) is 0 Å². The summed E-state index contributed by atoms with van der Waals surface area (Å²) in [6.45, 7) is 4.93. The predicted octanol–water partition coefficient (Wildman–Crippen LogP) is 3.38. The number of rotatable bonds is 7. The molecular formula is C15H24N2O. The van der Waals surface area contributed by atoms with Crippen LogP contribution in [0.1, 0.15) is 38.3 Å². The Morgan fingerprint density at radius 2 is 1.94 bits per heavy atom. The summed E-state index contributed by atoms with van der Waals surface area (Å²) >= 11 is 0. The zero-order valence-electron chi connectivity index (χ0n) is 11.6. The van der Waals surface area contributed by atoms with Crippen molar-refractivity contribution < 1.29 is 4.74 Å². The van der Waals surface area contributed by atoms with Crippen LogP contribution in [0, 0.1) is 11.3 Å². The second-order valence-corrected chi connectivity index (χ2v) is 4.97. The van der Waals surface area contributed by atoms with E-state index in [2.05, 4.69) is 31.3 Å². The summed E-state index contributed by atoms with van der Waals surface area (Å²) in [6.07, 6.45) is 1.84. The third-order valence-corrected chi connectivity index (χ3v) is 2.86. The lowest BCUT2D eigenvalue weighted by Gasteiger charge is -2.20. The monoisotopic (exact) mass is 248 g/mol. The maximum Gasteiger partial charge on any atom is 0.0937 e. The fourth-order valence-corrected chi connectivity index (χ4v) is 1.79. The maximum atomic E-state index is 7.97. The van der Waals surface area contributed by atoms with E-state index in [-0.39, 0.29) is 6.04 Å². The molecule has 0 fully saturated rings. The number of ether oxygens (including phenoxy) is 1. The number of methoxy groups -OCH3 is 1. The fraction of sp³-hybridized carbons (Fsp3) is 0.533. The molecule has 0 amide bonds. The highest BCUT2D eigenvalue weighted by atomic mass is 16.5. The van der Waals surface area contributed by atoms with E-state index < -0.39 is 0 Å². The number of nitrogens with one attached hydrogen (secondary N) is 2. The number of benzene rings is 1. The average Bonchev–Trinajstić information content (AvgIpc) is 2.37. The predicted molar refractivity (Wildman–Crippen MR) is 76.0 cm³/mol. The first-order valence-corrected chi connectivity index (χ1v) is 6.51. The van der Waals surface area contributed by atoms with E-state index in [9.17, 15) is 0 Å². The molecule has 3 heteroatoms. The summed E-state index contributed by atoms with van der Waals surface area (Å²) in [5.41, 5.74) is 1.16. The minimum Gasteiger partial charge on any atom is -0.382 e.